The second kappa shape index (κ2) is 10.8. The second-order valence-electron chi connectivity index (χ2n) is 8.42. The molecule has 0 saturated carbocycles. The van der Waals surface area contributed by atoms with Gasteiger partial charge in [0, 0.05) is 37.2 Å². The third kappa shape index (κ3) is 6.52. The van der Waals surface area contributed by atoms with E-state index >= 15 is 0 Å². The van der Waals surface area contributed by atoms with Gasteiger partial charge in [0.05, 0.1) is 10.9 Å². The summed E-state index contributed by atoms with van der Waals surface area (Å²) in [6.45, 7) is 3.75. The zero-order valence-corrected chi connectivity index (χ0v) is 19.5. The zero-order chi connectivity index (χ0) is 24.0. The predicted octanol–water partition coefficient (Wildman–Crippen LogP) is 1.23. The highest BCUT2D eigenvalue weighted by molar-refractivity contribution is 7.89. The van der Waals surface area contributed by atoms with Crippen molar-refractivity contribution in [3.63, 3.8) is 0 Å². The minimum atomic E-state index is -3.95. The minimum Gasteiger partial charge on any atom is -0.349 e. The van der Waals surface area contributed by atoms with Gasteiger partial charge in [0.2, 0.25) is 15.8 Å². The third-order valence-electron chi connectivity index (χ3n) is 5.48. The molecule has 10 heteroatoms. The molecule has 2 bridgehead atoms. The maximum Gasteiger partial charge on any atom is 0.287 e. The summed E-state index contributed by atoms with van der Waals surface area (Å²) in [5.74, 6) is -2.95. The number of ketones is 2. The lowest BCUT2D eigenvalue weighted by molar-refractivity contribution is -0.141. The first kappa shape index (κ1) is 24.7. The largest absolute Gasteiger partial charge is 0.349 e. The highest BCUT2D eigenvalue weighted by atomic mass is 32.2. The van der Waals surface area contributed by atoms with Crippen molar-refractivity contribution in [2.24, 2.45) is 11.8 Å². The van der Waals surface area contributed by atoms with E-state index in [0.29, 0.717) is 25.2 Å². The molecule has 176 valence electrons. The number of hydrogen-bond donors (Lipinski definition) is 2. The van der Waals surface area contributed by atoms with Crippen molar-refractivity contribution in [1.29, 1.82) is 0 Å². The van der Waals surface area contributed by atoms with Gasteiger partial charge >= 0.3 is 0 Å². The van der Waals surface area contributed by atoms with E-state index in [0.717, 1.165) is 5.69 Å². The highest BCUT2D eigenvalue weighted by Crippen LogP contribution is 2.19. The Balaban J connectivity index is 1.83. The van der Waals surface area contributed by atoms with Crippen molar-refractivity contribution in [2.75, 3.05) is 6.54 Å². The quantitative estimate of drug-likeness (QED) is 0.579. The Kier molecular flexibility index (Phi) is 8.04. The van der Waals surface area contributed by atoms with Crippen LogP contribution in [0.5, 0.6) is 0 Å². The average Bonchev–Trinajstić information content (AvgIpc) is 2.80. The number of amides is 1. The van der Waals surface area contributed by atoms with Crippen LogP contribution < -0.4 is 10.0 Å². The summed E-state index contributed by atoms with van der Waals surface area (Å²) in [6, 6.07) is 8.47. The molecule has 3 rings (SSSR count). The fourth-order valence-electron chi connectivity index (χ4n) is 3.68. The van der Waals surface area contributed by atoms with Gasteiger partial charge in [0.25, 0.3) is 5.91 Å². The normalized spacial score (nSPS) is 18.3. The van der Waals surface area contributed by atoms with Crippen molar-refractivity contribution in [2.45, 2.75) is 50.5 Å². The first-order valence-electron chi connectivity index (χ1n) is 10.9. The first-order chi connectivity index (χ1) is 15.7. The molecule has 9 nitrogen and oxygen atoms in total. The summed E-state index contributed by atoms with van der Waals surface area (Å²) in [7, 11) is -3.95. The number of benzene rings is 1. The maximum absolute atomic E-state index is 13.2. The molecule has 33 heavy (non-hydrogen) atoms. The number of nitrogens with zero attached hydrogens (tertiary/aromatic N) is 2. The number of nitrogens with one attached hydrogen (secondary N) is 2. The van der Waals surface area contributed by atoms with E-state index in [2.05, 4.69) is 20.0 Å². The van der Waals surface area contributed by atoms with E-state index in [1.807, 2.05) is 0 Å². The Bertz CT molecular complexity index is 1120. The molecule has 2 heterocycles. The second-order valence-corrected chi connectivity index (χ2v) is 10.1. The van der Waals surface area contributed by atoms with E-state index in [1.165, 1.54) is 12.1 Å². The van der Waals surface area contributed by atoms with Crippen LogP contribution in [0.15, 0.2) is 47.5 Å². The van der Waals surface area contributed by atoms with Crippen LogP contribution in [0.4, 0.5) is 0 Å². The molecule has 2 atom stereocenters. The Morgan fingerprint density at radius 2 is 1.91 bits per heavy atom. The van der Waals surface area contributed by atoms with Gasteiger partial charge in [-0.15, -0.1) is 0 Å². The van der Waals surface area contributed by atoms with E-state index < -0.39 is 39.5 Å². The van der Waals surface area contributed by atoms with Gasteiger partial charge < -0.3 is 5.32 Å². The number of Topliss-reactive ketones (excluding diaryl/α,β-unsaturated/α-hetero) is 2. The number of sulfonamides is 1. The third-order valence-corrected chi connectivity index (χ3v) is 6.94. The molecule has 0 spiro atoms. The summed E-state index contributed by atoms with van der Waals surface area (Å²) in [6.07, 6.45) is 2.56. The van der Waals surface area contributed by atoms with Gasteiger partial charge in [-0.1, -0.05) is 32.0 Å². The van der Waals surface area contributed by atoms with Crippen molar-refractivity contribution < 1.29 is 22.8 Å². The lowest BCUT2D eigenvalue weighted by Gasteiger charge is -2.23. The molecule has 2 N–H and O–H groups in total. The Morgan fingerprint density at radius 3 is 2.61 bits per heavy atom. The van der Waals surface area contributed by atoms with Crippen LogP contribution >= 0.6 is 0 Å². The fourth-order valence-corrected chi connectivity index (χ4v) is 5.07. The van der Waals surface area contributed by atoms with Crippen molar-refractivity contribution in [1.82, 2.24) is 20.0 Å². The van der Waals surface area contributed by atoms with Gasteiger partial charge in [0.1, 0.15) is 5.82 Å². The SMILES string of the molecule is CC(C)C(NS(=O)(=O)c1ccccc1)C(=O)CC1Cc2nccc(n2)CCCNC(=O)C1=O. The topological polar surface area (TPSA) is 135 Å². The number of carbonyl (C=O) groups excluding carboxylic acids is 3. The number of hydrogen-bond acceptors (Lipinski definition) is 7. The van der Waals surface area contributed by atoms with E-state index in [-0.39, 0.29) is 23.7 Å². The van der Waals surface area contributed by atoms with Gasteiger partial charge in [-0.25, -0.2) is 23.1 Å². The summed E-state index contributed by atoms with van der Waals surface area (Å²) >= 11 is 0. The van der Waals surface area contributed by atoms with Crippen LogP contribution in [-0.2, 0) is 37.2 Å². The first-order valence-corrected chi connectivity index (χ1v) is 12.4. The summed E-state index contributed by atoms with van der Waals surface area (Å²) < 4.78 is 28.0. The lowest BCUT2D eigenvalue weighted by Crippen LogP contribution is -2.46. The van der Waals surface area contributed by atoms with Gasteiger partial charge in [-0.05, 0) is 37.0 Å². The molecule has 1 aliphatic rings. The minimum absolute atomic E-state index is 0.0160. The molecule has 1 aromatic heterocycles. The van der Waals surface area contributed by atoms with Crippen molar-refractivity contribution >= 4 is 27.5 Å². The number of rotatable bonds is 7. The molecule has 0 fully saturated rings. The average molecular weight is 473 g/mol. The number of carbonyl (C=O) groups is 3. The van der Waals surface area contributed by atoms with E-state index in [1.54, 1.807) is 44.3 Å². The van der Waals surface area contributed by atoms with Crippen molar-refractivity contribution in [3.05, 3.63) is 54.1 Å². The summed E-state index contributed by atoms with van der Waals surface area (Å²) in [5, 5.41) is 2.59. The van der Waals surface area contributed by atoms with E-state index in [9.17, 15) is 22.8 Å². The number of fused-ring (bicyclic) bond motifs is 2. The highest BCUT2D eigenvalue weighted by Gasteiger charge is 2.34. The van der Waals surface area contributed by atoms with Crippen LogP contribution in [0.2, 0.25) is 0 Å². The zero-order valence-electron chi connectivity index (χ0n) is 18.7. The predicted molar refractivity (Wildman–Crippen MR) is 121 cm³/mol. The van der Waals surface area contributed by atoms with Crippen LogP contribution in [-0.4, -0.2) is 48.4 Å². The molecule has 1 amide bonds. The van der Waals surface area contributed by atoms with Gasteiger partial charge in [0.15, 0.2) is 5.78 Å². The Morgan fingerprint density at radius 1 is 1.18 bits per heavy atom. The smallest absolute Gasteiger partial charge is 0.287 e. The monoisotopic (exact) mass is 472 g/mol. The standard InChI is InChI=1S/C23H28N4O5S/c1-15(2)21(27-33(31,32)18-8-4-3-5-9-18)19(28)13-16-14-20-24-12-10-17(26-20)7-6-11-25-23(30)22(16)29/h3-5,8-10,12,15-16,21,27H,6-7,11,13-14H2,1-2H3,(H,25,30). The van der Waals surface area contributed by atoms with Gasteiger partial charge in [-0.2, -0.15) is 0 Å². The molecule has 0 aliphatic carbocycles. The molecule has 0 saturated heterocycles. The van der Waals surface area contributed by atoms with Crippen LogP contribution in [0.25, 0.3) is 0 Å². The molecule has 1 aromatic carbocycles. The van der Waals surface area contributed by atoms with Crippen LogP contribution in [0.1, 0.15) is 38.2 Å². The maximum atomic E-state index is 13.2. The molecule has 1 aliphatic heterocycles. The Labute approximate surface area is 193 Å². The lowest BCUT2D eigenvalue weighted by atomic mass is 9.88. The van der Waals surface area contributed by atoms with Crippen LogP contribution in [0.3, 0.4) is 0 Å². The molecule has 2 aromatic rings. The summed E-state index contributed by atoms with van der Waals surface area (Å²) in [5.41, 5.74) is 0.796. The molecule has 2 unspecified atom stereocenters. The number of aromatic nitrogens is 2. The molecule has 0 radical (unpaired) electrons. The Hall–Kier alpha value is -2.98. The number of aryl methyl sites for hydroxylation is 1. The van der Waals surface area contributed by atoms with Crippen molar-refractivity contribution in [3.8, 4) is 0 Å². The molecular weight excluding hydrogens is 444 g/mol. The summed E-state index contributed by atoms with van der Waals surface area (Å²) in [4.78, 5) is 47.1. The van der Waals surface area contributed by atoms with Gasteiger partial charge in [-0.3, -0.25) is 14.4 Å². The van der Waals surface area contributed by atoms with E-state index in [4.69, 9.17) is 0 Å². The molecular formula is C23H28N4O5S. The van der Waals surface area contributed by atoms with Crippen LogP contribution in [0, 0.1) is 11.8 Å². The fraction of sp³-hybridized carbons (Fsp3) is 0.435.